The normalized spacial score (nSPS) is 20.2. The fourth-order valence-electron chi connectivity index (χ4n) is 3.23. The zero-order chi connectivity index (χ0) is 43.0. The minimum absolute atomic E-state index is 0. The molecule has 0 rings (SSSR count). The predicted molar refractivity (Wildman–Crippen MR) is 155 cm³/mol. The number of carbonyl (C=O) groups is 8. The first-order valence-corrected chi connectivity index (χ1v) is 16.5. The molecule has 0 saturated carbocycles. The molecule has 55 heavy (non-hydrogen) atoms. The largest absolute Gasteiger partial charge is 1.00 e. The first-order valence-electron chi connectivity index (χ1n) is 14.3. The van der Waals surface area contributed by atoms with Crippen molar-refractivity contribution in [2.45, 2.75) is 104 Å². The van der Waals surface area contributed by atoms with Crippen LogP contribution < -0.4 is 34.7 Å². The van der Waals surface area contributed by atoms with Gasteiger partial charge in [-0.1, -0.05) is 0 Å². The van der Waals surface area contributed by atoms with E-state index in [1.54, 1.807) is 0 Å². The molecule has 0 bridgehead atoms. The molecule has 0 unspecified atom stereocenters. The number of carboxylic acids is 1. The third-order valence-corrected chi connectivity index (χ3v) is 8.19. The minimum atomic E-state index is -5.48. The number of aliphatic hydroxyl groups excluding tert-OH is 16. The molecule has 0 aliphatic carbocycles. The van der Waals surface area contributed by atoms with E-state index in [0.717, 1.165) is 0 Å². The Bertz CT molecular complexity index is 1150. The van der Waals surface area contributed by atoms with Crippen molar-refractivity contribution in [3.8, 4) is 0 Å². The van der Waals surface area contributed by atoms with Crippen LogP contribution in [-0.2, 0) is 51.6 Å². The molecule has 0 radical (unpaired) electrons. The van der Waals surface area contributed by atoms with E-state index >= 15 is 0 Å². The summed E-state index contributed by atoms with van der Waals surface area (Å²) < 4.78 is 13.6. The summed E-state index contributed by atoms with van der Waals surface area (Å²) in [5.41, 5.74) is 0. The van der Waals surface area contributed by atoms with Crippen molar-refractivity contribution in [3.05, 3.63) is 0 Å². The molecule has 0 fully saturated rings. The number of aliphatic carboxylic acids is 1. The van der Waals surface area contributed by atoms with Gasteiger partial charge in [0, 0.05) is 6.55 Å². The van der Waals surface area contributed by atoms with Gasteiger partial charge in [0.1, 0.15) is 79.4 Å². The summed E-state index contributed by atoms with van der Waals surface area (Å²) in [5, 5.41) is 160. The Morgan fingerprint density at radius 2 is 0.600 bits per heavy atom. The Balaban J connectivity index is -0.00000163. The number of hydrogen-bond acceptors (Lipinski definition) is 28. The third-order valence-electron chi connectivity index (χ3n) is 6.47. The summed E-state index contributed by atoms with van der Waals surface area (Å²) in [7, 11) is -5.48. The zero-order valence-electron chi connectivity index (χ0n) is 28.1. The van der Waals surface area contributed by atoms with Gasteiger partial charge in [0.05, 0.1) is 5.97 Å². The van der Waals surface area contributed by atoms with E-state index in [-0.39, 0.29) is 54.7 Å². The van der Waals surface area contributed by atoms with Gasteiger partial charge < -0.3 is 124 Å². The second kappa shape index (κ2) is 26.1. The smallest absolute Gasteiger partial charge is 0.547 e. The Hall–Kier alpha value is -2.86. The van der Waals surface area contributed by atoms with Crippen LogP contribution in [0.1, 0.15) is 0 Å². The van der Waals surface area contributed by atoms with Crippen molar-refractivity contribution < 1.29 is 168 Å². The molecule has 16 atom stereocenters. The first-order chi connectivity index (χ1) is 24.7. The summed E-state index contributed by atoms with van der Waals surface area (Å²) in [6.45, 7) is 0.433. The SMILES string of the molecule is C[Si](OC(=O)[C@@H](O)[C@@H](O)[C@H](O)[C@H](O)C=O)(OC(=O)[C@@H](O)[C@@H](O)[C@H](O)[C@H](O)C=O)OC(=O)[C@@H](O)[C@@H](O)[C@H](O)[C@H](O)C=O.O=C[C@@H](O)[C@@H](O)[C@H](O)[C@H](O)C(=O)[O-].[Na+]. The van der Waals surface area contributed by atoms with Crippen LogP contribution in [0.5, 0.6) is 0 Å². The van der Waals surface area contributed by atoms with Crippen molar-refractivity contribution in [2.75, 3.05) is 0 Å². The molecule has 30 heteroatoms. The van der Waals surface area contributed by atoms with Crippen LogP contribution in [0.4, 0.5) is 0 Å². The van der Waals surface area contributed by atoms with Crippen molar-refractivity contribution in [3.63, 3.8) is 0 Å². The molecule has 0 aromatic heterocycles. The van der Waals surface area contributed by atoms with Gasteiger partial charge in [-0.25, -0.2) is 0 Å². The average molecular weight is 839 g/mol. The standard InChI is InChI=1S/C19H30O21Si.C6H10O7.Na/c1-41(38-17(35)14(32)11(29)8(26)5(23)2-20,39-18(36)15(33)12(30)9(27)6(24)3-21)40-19(37)16(34)13(31)10(28)7(25)4-22;7-1-2(8)3(9)4(10)5(11)6(12)13;/h2-16,23-34H,1H3;1-5,8-11H,(H,12,13);/q;;+1/p-1/t5-,6-,7-,8-,9-,10-,11+,12+,13+,14+,15+,16+;2-,3-,4+,5+;/m11./s1. The summed E-state index contributed by atoms with van der Waals surface area (Å²) in [6.07, 6.45) is -40.9. The molecule has 312 valence electrons. The summed E-state index contributed by atoms with van der Waals surface area (Å²) in [6, 6.07) is 0. The van der Waals surface area contributed by atoms with Crippen LogP contribution in [0.2, 0.25) is 6.55 Å². The van der Waals surface area contributed by atoms with Gasteiger partial charge in [-0.3, -0.25) is 14.4 Å². The van der Waals surface area contributed by atoms with Crippen molar-refractivity contribution >= 4 is 57.8 Å². The number of hydrogen-bond donors (Lipinski definition) is 16. The summed E-state index contributed by atoms with van der Waals surface area (Å²) in [4.78, 5) is 88.5. The topological polar surface area (TPSA) is 511 Å². The zero-order valence-corrected chi connectivity index (χ0v) is 31.1. The van der Waals surface area contributed by atoms with Crippen LogP contribution in [-0.4, -0.2) is 237 Å². The van der Waals surface area contributed by atoms with Crippen molar-refractivity contribution in [1.29, 1.82) is 0 Å². The van der Waals surface area contributed by atoms with E-state index in [2.05, 4.69) is 13.3 Å². The molecule has 0 aliphatic rings. The number of rotatable bonds is 23. The van der Waals surface area contributed by atoms with Crippen LogP contribution in [0.25, 0.3) is 0 Å². The molecule has 0 spiro atoms. The predicted octanol–water partition coefficient (Wildman–Crippen LogP) is -17.5. The molecular weight excluding hydrogens is 799 g/mol. The fourth-order valence-corrected chi connectivity index (χ4v) is 4.81. The monoisotopic (exact) mass is 838 g/mol. The van der Waals surface area contributed by atoms with Crippen LogP contribution >= 0.6 is 0 Å². The maximum Gasteiger partial charge on any atom is 1.00 e. The maximum atomic E-state index is 12.3. The Morgan fingerprint density at radius 3 is 0.764 bits per heavy atom. The average Bonchev–Trinajstić information content (AvgIpc) is 3.15. The first kappa shape index (κ1) is 56.5. The van der Waals surface area contributed by atoms with E-state index in [9.17, 15) is 105 Å². The maximum absolute atomic E-state index is 12.3. The summed E-state index contributed by atoms with van der Waals surface area (Å²) in [5.74, 6) is -8.38. The van der Waals surface area contributed by atoms with E-state index in [1.165, 1.54) is 0 Å². The number of aldehydes is 4. The van der Waals surface area contributed by atoms with Gasteiger partial charge in [-0.15, -0.1) is 0 Å². The van der Waals surface area contributed by atoms with E-state index in [1.807, 2.05) is 0 Å². The van der Waals surface area contributed by atoms with Gasteiger partial charge in [-0.05, 0) is 0 Å². The Kier molecular flexibility index (Phi) is 26.8. The molecule has 0 aromatic carbocycles. The second-order valence-electron chi connectivity index (χ2n) is 10.7. The molecular formula is C25H39NaO28Si. The third kappa shape index (κ3) is 17.4. The van der Waals surface area contributed by atoms with E-state index in [4.69, 9.17) is 20.4 Å². The molecule has 0 aliphatic heterocycles. The van der Waals surface area contributed by atoms with E-state index in [0.29, 0.717) is 6.55 Å². The quantitative estimate of drug-likeness (QED) is 0.0335. The molecule has 0 amide bonds. The van der Waals surface area contributed by atoms with Crippen LogP contribution in [0, 0.1) is 0 Å². The van der Waals surface area contributed by atoms with E-state index < -0.39 is 130 Å². The molecule has 0 heterocycles. The number of carboxylic acid groups (broad SMARTS) is 1. The number of aliphatic hydroxyl groups is 16. The van der Waals surface area contributed by atoms with Crippen LogP contribution in [0.3, 0.4) is 0 Å². The summed E-state index contributed by atoms with van der Waals surface area (Å²) >= 11 is 0. The Labute approximate surface area is 329 Å². The van der Waals surface area contributed by atoms with Gasteiger partial charge in [0.25, 0.3) is 0 Å². The van der Waals surface area contributed by atoms with Crippen LogP contribution in [0.15, 0.2) is 0 Å². The molecule has 0 saturated heterocycles. The van der Waals surface area contributed by atoms with Crippen molar-refractivity contribution in [1.82, 2.24) is 0 Å². The number of carbonyl (C=O) groups excluding carboxylic acids is 8. The van der Waals surface area contributed by atoms with Gasteiger partial charge in [0.2, 0.25) is 0 Å². The van der Waals surface area contributed by atoms with Gasteiger partial charge in [-0.2, -0.15) is 0 Å². The Morgan fingerprint density at radius 1 is 0.418 bits per heavy atom. The molecule has 16 N–H and O–H groups in total. The molecule has 0 aromatic rings. The van der Waals surface area contributed by atoms with Gasteiger partial charge >= 0.3 is 56.3 Å². The minimum Gasteiger partial charge on any atom is -0.547 e. The fraction of sp³-hybridized carbons (Fsp3) is 0.680. The molecule has 28 nitrogen and oxygen atoms in total. The van der Waals surface area contributed by atoms with Crippen molar-refractivity contribution in [2.24, 2.45) is 0 Å². The second-order valence-corrected chi connectivity index (χ2v) is 13.0. The van der Waals surface area contributed by atoms with Gasteiger partial charge in [0.15, 0.2) is 43.5 Å².